The Hall–Kier alpha value is -3.10. The predicted molar refractivity (Wildman–Crippen MR) is 118 cm³/mol. The molecule has 4 rings (SSSR count). The quantitative estimate of drug-likeness (QED) is 0.610. The van der Waals surface area contributed by atoms with Gasteiger partial charge in [0.15, 0.2) is 11.6 Å². The van der Waals surface area contributed by atoms with E-state index in [0.717, 1.165) is 17.7 Å². The maximum atomic E-state index is 13.8. The van der Waals surface area contributed by atoms with Gasteiger partial charge in [-0.25, -0.2) is 21.9 Å². The summed E-state index contributed by atoms with van der Waals surface area (Å²) in [6, 6.07) is 16.5. The first kappa shape index (κ1) is 22.1. The van der Waals surface area contributed by atoms with Crippen molar-refractivity contribution in [2.24, 2.45) is 0 Å². The summed E-state index contributed by atoms with van der Waals surface area (Å²) in [7, 11) is -3.90. The van der Waals surface area contributed by atoms with Gasteiger partial charge < -0.3 is 4.90 Å². The molecule has 3 aromatic rings. The highest BCUT2D eigenvalue weighted by atomic mass is 32.2. The van der Waals surface area contributed by atoms with Gasteiger partial charge in [-0.05, 0) is 55.2 Å². The second-order valence-corrected chi connectivity index (χ2v) is 9.45. The minimum Gasteiger partial charge on any atom is -0.308 e. The first-order valence-corrected chi connectivity index (χ1v) is 11.7. The van der Waals surface area contributed by atoms with Gasteiger partial charge in [0.25, 0.3) is 5.91 Å². The van der Waals surface area contributed by atoms with E-state index in [1.165, 1.54) is 29.2 Å². The third-order valence-electron chi connectivity index (χ3n) is 5.51. The molecule has 0 saturated carbocycles. The predicted octanol–water partition coefficient (Wildman–Crippen LogP) is 4.60. The van der Waals surface area contributed by atoms with E-state index in [1.54, 1.807) is 6.92 Å². The Labute approximate surface area is 185 Å². The van der Waals surface area contributed by atoms with E-state index >= 15 is 0 Å². The van der Waals surface area contributed by atoms with Gasteiger partial charge in [-0.2, -0.15) is 0 Å². The van der Waals surface area contributed by atoms with Gasteiger partial charge in [0.2, 0.25) is 10.0 Å². The lowest BCUT2D eigenvalue weighted by molar-refractivity contribution is 0.0985. The number of benzene rings is 3. The highest BCUT2D eigenvalue weighted by Gasteiger charge is 2.27. The Morgan fingerprint density at radius 2 is 1.72 bits per heavy atom. The molecule has 5 nitrogen and oxygen atoms in total. The Morgan fingerprint density at radius 3 is 2.47 bits per heavy atom. The summed E-state index contributed by atoms with van der Waals surface area (Å²) in [4.78, 5) is 14.5. The van der Waals surface area contributed by atoms with Crippen LogP contribution in [0.5, 0.6) is 0 Å². The van der Waals surface area contributed by atoms with Crippen molar-refractivity contribution in [3.05, 3.63) is 95.1 Å². The van der Waals surface area contributed by atoms with E-state index in [9.17, 15) is 22.0 Å². The number of nitrogens with one attached hydrogen (secondary N) is 1. The number of fused-ring (bicyclic) bond motifs is 1. The number of carbonyl (C=O) groups is 1. The number of amides is 1. The Kier molecular flexibility index (Phi) is 6.08. The van der Waals surface area contributed by atoms with Crippen LogP contribution in [0.15, 0.2) is 71.6 Å². The van der Waals surface area contributed by atoms with Crippen LogP contribution >= 0.6 is 0 Å². The van der Waals surface area contributed by atoms with Gasteiger partial charge in [0, 0.05) is 24.2 Å². The molecule has 1 atom stereocenters. The fourth-order valence-corrected chi connectivity index (χ4v) is 5.13. The summed E-state index contributed by atoms with van der Waals surface area (Å²) in [5.74, 6) is -2.45. The molecule has 8 heteroatoms. The number of halogens is 2. The lowest BCUT2D eigenvalue weighted by Crippen LogP contribution is -2.36. The summed E-state index contributed by atoms with van der Waals surface area (Å²) >= 11 is 0. The van der Waals surface area contributed by atoms with Crippen LogP contribution in [0.2, 0.25) is 0 Å². The van der Waals surface area contributed by atoms with Crippen molar-refractivity contribution < 1.29 is 22.0 Å². The van der Waals surface area contributed by atoms with Crippen LogP contribution in [0.3, 0.4) is 0 Å². The Bertz CT molecular complexity index is 1260. The molecule has 0 saturated heterocycles. The first-order chi connectivity index (χ1) is 15.3. The molecular formula is C24H22F2N2O3S. The van der Waals surface area contributed by atoms with Gasteiger partial charge in [0.05, 0.1) is 10.6 Å². The fourth-order valence-electron chi connectivity index (χ4n) is 3.85. The van der Waals surface area contributed by atoms with Crippen LogP contribution in [0.1, 0.15) is 40.9 Å². The third kappa shape index (κ3) is 4.42. The Morgan fingerprint density at radius 1 is 1.00 bits per heavy atom. The molecule has 166 valence electrons. The second-order valence-electron chi connectivity index (χ2n) is 7.74. The van der Waals surface area contributed by atoms with E-state index in [0.29, 0.717) is 30.6 Å². The number of rotatable bonds is 5. The molecule has 0 bridgehead atoms. The molecule has 32 heavy (non-hydrogen) atoms. The molecule has 3 aromatic carbocycles. The lowest BCUT2D eigenvalue weighted by atomic mass is 10.0. The van der Waals surface area contributed by atoms with Crippen molar-refractivity contribution in [1.29, 1.82) is 0 Å². The van der Waals surface area contributed by atoms with Crippen molar-refractivity contribution in [2.75, 3.05) is 11.4 Å². The van der Waals surface area contributed by atoms with Crippen molar-refractivity contribution in [3.8, 4) is 0 Å². The van der Waals surface area contributed by atoms with E-state index in [2.05, 4.69) is 4.72 Å². The molecule has 0 fully saturated rings. The topological polar surface area (TPSA) is 66.5 Å². The Balaban J connectivity index is 1.61. The maximum absolute atomic E-state index is 13.8. The summed E-state index contributed by atoms with van der Waals surface area (Å²) in [6.45, 7) is 2.07. The minimum absolute atomic E-state index is 0.0475. The largest absolute Gasteiger partial charge is 0.308 e. The molecule has 1 amide bonds. The standard InChI is InChI=1S/C24H22F2N2O3S/c1-16(17-7-3-2-4-8-17)27-32(30,31)20-11-5-9-19(13-20)24(29)28-12-6-10-18-14-21(25)22(26)15-23(18)28/h2-5,7-9,11,13-16,27H,6,10,12H2,1H3. The molecule has 0 spiro atoms. The molecule has 1 aliphatic rings. The molecule has 0 aliphatic carbocycles. The second kappa shape index (κ2) is 8.80. The van der Waals surface area contributed by atoms with Crippen molar-refractivity contribution in [3.63, 3.8) is 0 Å². The summed E-state index contributed by atoms with van der Waals surface area (Å²) in [6.07, 6.45) is 1.13. The van der Waals surface area contributed by atoms with Crippen LogP contribution in [-0.2, 0) is 16.4 Å². The zero-order valence-electron chi connectivity index (χ0n) is 17.4. The summed E-state index contributed by atoms with van der Waals surface area (Å²) in [5, 5.41) is 0. The average Bonchev–Trinajstić information content (AvgIpc) is 2.79. The average molecular weight is 457 g/mol. The normalized spacial score (nSPS) is 14.7. The number of anilines is 1. The number of nitrogens with zero attached hydrogens (tertiary/aromatic N) is 1. The molecular weight excluding hydrogens is 434 g/mol. The maximum Gasteiger partial charge on any atom is 0.258 e. The summed E-state index contributed by atoms with van der Waals surface area (Å²) < 4.78 is 55.9. The van der Waals surface area contributed by atoms with Crippen LogP contribution < -0.4 is 9.62 Å². The van der Waals surface area contributed by atoms with E-state index < -0.39 is 33.6 Å². The number of carbonyl (C=O) groups excluding carboxylic acids is 1. The molecule has 1 aliphatic heterocycles. The van der Waals surface area contributed by atoms with Crippen molar-refractivity contribution >= 4 is 21.6 Å². The highest BCUT2D eigenvalue weighted by molar-refractivity contribution is 7.89. The van der Waals surface area contributed by atoms with Gasteiger partial charge in [-0.15, -0.1) is 0 Å². The van der Waals surface area contributed by atoms with Crippen LogP contribution in [-0.4, -0.2) is 20.9 Å². The van der Waals surface area contributed by atoms with Gasteiger partial charge in [-0.1, -0.05) is 36.4 Å². The van der Waals surface area contributed by atoms with Crippen LogP contribution in [0.25, 0.3) is 0 Å². The molecule has 0 aromatic heterocycles. The minimum atomic E-state index is -3.90. The highest BCUT2D eigenvalue weighted by Crippen LogP contribution is 2.31. The number of hydrogen-bond donors (Lipinski definition) is 1. The monoisotopic (exact) mass is 456 g/mol. The summed E-state index contributed by atoms with van der Waals surface area (Å²) in [5.41, 5.74) is 1.81. The van der Waals surface area contributed by atoms with Crippen molar-refractivity contribution in [1.82, 2.24) is 4.72 Å². The van der Waals surface area contributed by atoms with Crippen LogP contribution in [0.4, 0.5) is 14.5 Å². The van der Waals surface area contributed by atoms with E-state index in [1.807, 2.05) is 30.3 Å². The fraction of sp³-hybridized carbons (Fsp3) is 0.208. The SMILES string of the molecule is CC(NS(=O)(=O)c1cccc(C(=O)N2CCCc3cc(F)c(F)cc32)c1)c1ccccc1. The van der Waals surface area contributed by atoms with E-state index in [-0.39, 0.29) is 10.5 Å². The van der Waals surface area contributed by atoms with Crippen molar-refractivity contribution in [2.45, 2.75) is 30.7 Å². The van der Waals surface area contributed by atoms with Gasteiger partial charge in [-0.3, -0.25) is 4.79 Å². The van der Waals surface area contributed by atoms with Gasteiger partial charge in [0.1, 0.15) is 0 Å². The number of hydrogen-bond acceptors (Lipinski definition) is 3. The molecule has 0 radical (unpaired) electrons. The number of aryl methyl sites for hydroxylation is 1. The first-order valence-electron chi connectivity index (χ1n) is 10.2. The van der Waals surface area contributed by atoms with Gasteiger partial charge >= 0.3 is 0 Å². The molecule has 1 heterocycles. The zero-order chi connectivity index (χ0) is 22.9. The zero-order valence-corrected chi connectivity index (χ0v) is 18.2. The van der Waals surface area contributed by atoms with E-state index in [4.69, 9.17) is 0 Å². The molecule has 1 N–H and O–H groups in total. The number of sulfonamides is 1. The third-order valence-corrected chi connectivity index (χ3v) is 7.05. The molecule has 1 unspecified atom stereocenters. The van der Waals surface area contributed by atoms with Crippen LogP contribution in [0, 0.1) is 11.6 Å². The lowest BCUT2D eigenvalue weighted by Gasteiger charge is -2.29. The smallest absolute Gasteiger partial charge is 0.258 e.